The van der Waals surface area contributed by atoms with Crippen LogP contribution in [0.3, 0.4) is 0 Å². The third-order valence-electron chi connectivity index (χ3n) is 3.49. The van der Waals surface area contributed by atoms with Crippen LogP contribution < -0.4 is 5.32 Å². The van der Waals surface area contributed by atoms with E-state index in [2.05, 4.69) is 39.8 Å². The van der Waals surface area contributed by atoms with Crippen LogP contribution in [0.1, 0.15) is 23.2 Å². The van der Waals surface area contributed by atoms with E-state index in [9.17, 15) is 0 Å². The van der Waals surface area contributed by atoms with Crippen LogP contribution in [0.2, 0.25) is 0 Å². The van der Waals surface area contributed by atoms with Gasteiger partial charge in [0.25, 0.3) is 0 Å². The van der Waals surface area contributed by atoms with Crippen LogP contribution in [0, 0.1) is 0 Å². The van der Waals surface area contributed by atoms with Gasteiger partial charge in [0.05, 0.1) is 0 Å². The number of aryl methyl sites for hydroxylation is 1. The highest BCUT2D eigenvalue weighted by molar-refractivity contribution is 5.30. The fraction of sp³-hybridized carbons (Fsp3) is 0.357. The van der Waals surface area contributed by atoms with Crippen LogP contribution >= 0.6 is 0 Å². The summed E-state index contributed by atoms with van der Waals surface area (Å²) in [7, 11) is 0. The zero-order chi connectivity index (χ0) is 11.5. The first kappa shape index (κ1) is 10.5. The van der Waals surface area contributed by atoms with E-state index in [1.54, 1.807) is 6.20 Å². The number of fused-ring (bicyclic) bond motifs is 1. The normalized spacial score (nSPS) is 18.9. The highest BCUT2D eigenvalue weighted by atomic mass is 15.1. The molecule has 1 aliphatic carbocycles. The van der Waals surface area contributed by atoms with Crippen molar-refractivity contribution in [3.8, 4) is 0 Å². The number of aromatic amines is 1. The number of rotatable bonds is 3. The molecule has 0 amide bonds. The molecule has 0 spiro atoms. The summed E-state index contributed by atoms with van der Waals surface area (Å²) in [5, 5.41) is 10.5. The largest absolute Gasteiger partial charge is 0.308 e. The smallest absolute Gasteiger partial charge is 0.0490 e. The minimum Gasteiger partial charge on any atom is -0.308 e. The second-order valence-corrected chi connectivity index (χ2v) is 4.67. The molecule has 3 heteroatoms. The summed E-state index contributed by atoms with van der Waals surface area (Å²) in [6.07, 6.45) is 5.36. The Morgan fingerprint density at radius 2 is 2.12 bits per heavy atom. The maximum absolute atomic E-state index is 3.96. The summed E-state index contributed by atoms with van der Waals surface area (Å²) in [5.41, 5.74) is 4.18. The van der Waals surface area contributed by atoms with Crippen molar-refractivity contribution in [1.82, 2.24) is 15.5 Å². The first-order valence-corrected chi connectivity index (χ1v) is 6.20. The molecule has 1 heterocycles. The number of nitrogens with one attached hydrogen (secondary N) is 2. The Morgan fingerprint density at radius 1 is 1.24 bits per heavy atom. The first-order chi connectivity index (χ1) is 8.42. The van der Waals surface area contributed by atoms with Gasteiger partial charge in [0.1, 0.15) is 0 Å². The Bertz CT molecular complexity index is 476. The van der Waals surface area contributed by atoms with Gasteiger partial charge in [-0.25, -0.2) is 0 Å². The Labute approximate surface area is 101 Å². The molecule has 1 aromatic heterocycles. The lowest BCUT2D eigenvalue weighted by atomic mass is 9.88. The maximum Gasteiger partial charge on any atom is 0.0490 e. The van der Waals surface area contributed by atoms with Crippen LogP contribution in [0.15, 0.2) is 36.5 Å². The molecule has 3 nitrogen and oxygen atoms in total. The van der Waals surface area contributed by atoms with E-state index >= 15 is 0 Å². The molecular formula is C14H17N3. The molecule has 0 fully saturated rings. The maximum atomic E-state index is 3.96. The molecule has 2 aromatic rings. The molecule has 88 valence electrons. The van der Waals surface area contributed by atoms with Crippen LogP contribution in [-0.4, -0.2) is 16.2 Å². The van der Waals surface area contributed by atoms with Gasteiger partial charge < -0.3 is 5.32 Å². The molecule has 1 atom stereocenters. The predicted molar refractivity (Wildman–Crippen MR) is 67.7 cm³/mol. The lowest BCUT2D eigenvalue weighted by Crippen LogP contribution is -2.34. The zero-order valence-corrected chi connectivity index (χ0v) is 9.82. The van der Waals surface area contributed by atoms with E-state index in [0.717, 1.165) is 18.7 Å². The lowest BCUT2D eigenvalue weighted by molar-refractivity contribution is 0.454. The van der Waals surface area contributed by atoms with E-state index in [1.807, 2.05) is 6.07 Å². The van der Waals surface area contributed by atoms with Gasteiger partial charge in [-0.15, -0.1) is 0 Å². The molecule has 0 aliphatic heterocycles. The van der Waals surface area contributed by atoms with Crippen LogP contribution in [0.5, 0.6) is 0 Å². The fourth-order valence-electron chi connectivity index (χ4n) is 2.51. The number of aromatic nitrogens is 2. The van der Waals surface area contributed by atoms with E-state index < -0.39 is 0 Å². The Kier molecular flexibility index (Phi) is 2.92. The molecule has 1 aromatic carbocycles. The van der Waals surface area contributed by atoms with Gasteiger partial charge in [0.2, 0.25) is 0 Å². The standard InChI is InChI=1S/C14H17N3/c1-2-4-12-9-13(6-5-11(12)3-1)15-10-14-7-8-16-17-14/h1-4,7-8,13,15H,5-6,9-10H2,(H,16,17). The van der Waals surface area contributed by atoms with Crippen molar-refractivity contribution in [2.75, 3.05) is 0 Å². The van der Waals surface area contributed by atoms with Crippen LogP contribution in [-0.2, 0) is 19.4 Å². The molecule has 0 bridgehead atoms. The third-order valence-corrected chi connectivity index (χ3v) is 3.49. The van der Waals surface area contributed by atoms with Crippen LogP contribution in [0.25, 0.3) is 0 Å². The SMILES string of the molecule is c1ccc2c(c1)CCC(NCc1ccn[nH]1)C2. The Balaban J connectivity index is 1.61. The number of nitrogens with zero attached hydrogens (tertiary/aromatic N) is 1. The second kappa shape index (κ2) is 4.72. The Hall–Kier alpha value is -1.61. The van der Waals surface area contributed by atoms with Crippen molar-refractivity contribution in [3.05, 3.63) is 53.3 Å². The number of benzene rings is 1. The lowest BCUT2D eigenvalue weighted by Gasteiger charge is -2.25. The molecule has 0 saturated carbocycles. The zero-order valence-electron chi connectivity index (χ0n) is 9.82. The van der Waals surface area contributed by atoms with Crippen molar-refractivity contribution in [1.29, 1.82) is 0 Å². The van der Waals surface area contributed by atoms with Crippen molar-refractivity contribution >= 4 is 0 Å². The Morgan fingerprint density at radius 3 is 2.94 bits per heavy atom. The summed E-state index contributed by atoms with van der Waals surface area (Å²) >= 11 is 0. The molecule has 0 radical (unpaired) electrons. The molecule has 2 N–H and O–H groups in total. The summed E-state index contributed by atoms with van der Waals surface area (Å²) < 4.78 is 0. The van der Waals surface area contributed by atoms with Crippen molar-refractivity contribution in [2.24, 2.45) is 0 Å². The predicted octanol–water partition coefficient (Wildman–Crippen LogP) is 2.06. The summed E-state index contributed by atoms with van der Waals surface area (Å²) in [4.78, 5) is 0. The quantitative estimate of drug-likeness (QED) is 0.842. The van der Waals surface area contributed by atoms with Gasteiger partial charge in [-0.1, -0.05) is 24.3 Å². The van der Waals surface area contributed by atoms with Gasteiger partial charge in [0.15, 0.2) is 0 Å². The average molecular weight is 227 g/mol. The van der Waals surface area contributed by atoms with E-state index in [1.165, 1.54) is 24.0 Å². The molecule has 17 heavy (non-hydrogen) atoms. The van der Waals surface area contributed by atoms with E-state index in [4.69, 9.17) is 0 Å². The molecular weight excluding hydrogens is 210 g/mol. The van der Waals surface area contributed by atoms with Crippen molar-refractivity contribution < 1.29 is 0 Å². The van der Waals surface area contributed by atoms with Crippen molar-refractivity contribution in [2.45, 2.75) is 31.8 Å². The topological polar surface area (TPSA) is 40.7 Å². The van der Waals surface area contributed by atoms with Gasteiger partial charge >= 0.3 is 0 Å². The number of H-pyrrole nitrogens is 1. The second-order valence-electron chi connectivity index (χ2n) is 4.67. The van der Waals surface area contributed by atoms with Crippen LogP contribution in [0.4, 0.5) is 0 Å². The molecule has 3 rings (SSSR count). The van der Waals surface area contributed by atoms with E-state index in [-0.39, 0.29) is 0 Å². The molecule has 0 saturated heterocycles. The minimum absolute atomic E-state index is 0.591. The third kappa shape index (κ3) is 2.39. The summed E-state index contributed by atoms with van der Waals surface area (Å²) in [5.74, 6) is 0. The summed E-state index contributed by atoms with van der Waals surface area (Å²) in [6.45, 7) is 0.882. The minimum atomic E-state index is 0.591. The first-order valence-electron chi connectivity index (χ1n) is 6.20. The number of hydrogen-bond donors (Lipinski definition) is 2. The highest BCUT2D eigenvalue weighted by Crippen LogP contribution is 2.21. The van der Waals surface area contributed by atoms with Gasteiger partial charge in [-0.05, 0) is 36.5 Å². The van der Waals surface area contributed by atoms with Gasteiger partial charge in [-0.3, -0.25) is 5.10 Å². The van der Waals surface area contributed by atoms with Crippen molar-refractivity contribution in [3.63, 3.8) is 0 Å². The van der Waals surface area contributed by atoms with E-state index in [0.29, 0.717) is 6.04 Å². The van der Waals surface area contributed by atoms with Gasteiger partial charge in [0, 0.05) is 24.5 Å². The average Bonchev–Trinajstić information content (AvgIpc) is 2.89. The summed E-state index contributed by atoms with van der Waals surface area (Å²) in [6, 6.07) is 11.4. The monoisotopic (exact) mass is 227 g/mol. The number of hydrogen-bond acceptors (Lipinski definition) is 2. The fourth-order valence-corrected chi connectivity index (χ4v) is 2.51. The highest BCUT2D eigenvalue weighted by Gasteiger charge is 2.17. The molecule has 1 aliphatic rings. The molecule has 1 unspecified atom stereocenters. The van der Waals surface area contributed by atoms with Gasteiger partial charge in [-0.2, -0.15) is 5.10 Å².